The highest BCUT2D eigenvalue weighted by Gasteiger charge is 2.01. The minimum absolute atomic E-state index is 0.361. The second kappa shape index (κ2) is 5.11. The monoisotopic (exact) mass is 236 g/mol. The molecule has 1 heterocycles. The predicted molar refractivity (Wildman–Crippen MR) is 70.5 cm³/mol. The molecule has 0 spiro atoms. The zero-order valence-electron chi connectivity index (χ0n) is 9.96. The summed E-state index contributed by atoms with van der Waals surface area (Å²) < 4.78 is 0. The van der Waals surface area contributed by atoms with Crippen molar-refractivity contribution in [3.8, 4) is 6.07 Å². The van der Waals surface area contributed by atoms with Crippen LogP contribution < -0.4 is 5.73 Å². The third-order valence-corrected chi connectivity index (χ3v) is 2.51. The first-order valence-electron chi connectivity index (χ1n) is 5.47. The highest BCUT2D eigenvalue weighted by atomic mass is 14.9. The van der Waals surface area contributed by atoms with Crippen molar-refractivity contribution in [3.05, 3.63) is 59.4 Å². The van der Waals surface area contributed by atoms with E-state index in [1.54, 1.807) is 24.4 Å². The fourth-order valence-electron chi connectivity index (χ4n) is 1.55. The molecule has 0 amide bonds. The summed E-state index contributed by atoms with van der Waals surface area (Å²) in [5.74, 6) is 0.361. The van der Waals surface area contributed by atoms with Crippen molar-refractivity contribution in [2.24, 2.45) is 10.7 Å². The van der Waals surface area contributed by atoms with Gasteiger partial charge in [-0.25, -0.2) is 4.99 Å². The lowest BCUT2D eigenvalue weighted by atomic mass is 10.1. The summed E-state index contributed by atoms with van der Waals surface area (Å²) in [5.41, 5.74) is 8.75. The molecular formula is C14H12N4. The second-order valence-corrected chi connectivity index (χ2v) is 3.82. The average Bonchev–Trinajstić information content (AvgIpc) is 2.40. The molecule has 2 aromatic rings. The van der Waals surface area contributed by atoms with Crippen LogP contribution in [0.15, 0.2) is 47.6 Å². The van der Waals surface area contributed by atoms with E-state index in [2.05, 4.69) is 16.0 Å². The number of aliphatic imine (C=N–C) groups is 1. The summed E-state index contributed by atoms with van der Waals surface area (Å²) in [4.78, 5) is 8.41. The number of hydrogen-bond donors (Lipinski definition) is 1. The summed E-state index contributed by atoms with van der Waals surface area (Å²) in [6.45, 7) is 1.87. The molecule has 0 saturated heterocycles. The van der Waals surface area contributed by atoms with Gasteiger partial charge in [-0.3, -0.25) is 4.98 Å². The van der Waals surface area contributed by atoms with Crippen molar-refractivity contribution in [2.45, 2.75) is 6.92 Å². The van der Waals surface area contributed by atoms with E-state index in [4.69, 9.17) is 11.0 Å². The van der Waals surface area contributed by atoms with Gasteiger partial charge < -0.3 is 5.73 Å². The zero-order chi connectivity index (χ0) is 13.0. The first-order valence-corrected chi connectivity index (χ1v) is 5.47. The highest BCUT2D eigenvalue weighted by Crippen LogP contribution is 2.17. The van der Waals surface area contributed by atoms with Crippen molar-refractivity contribution in [2.75, 3.05) is 0 Å². The number of nitriles is 1. The molecule has 0 aliphatic rings. The zero-order valence-corrected chi connectivity index (χ0v) is 9.96. The number of amidine groups is 1. The van der Waals surface area contributed by atoms with E-state index in [0.717, 1.165) is 11.3 Å². The molecule has 1 aromatic carbocycles. The first-order chi connectivity index (χ1) is 8.70. The van der Waals surface area contributed by atoms with Gasteiger partial charge >= 0.3 is 0 Å². The van der Waals surface area contributed by atoms with Crippen LogP contribution in [0.1, 0.15) is 16.8 Å². The molecule has 1 aromatic heterocycles. The molecule has 2 rings (SSSR count). The van der Waals surface area contributed by atoms with E-state index in [-0.39, 0.29) is 0 Å². The summed E-state index contributed by atoms with van der Waals surface area (Å²) >= 11 is 0. The van der Waals surface area contributed by atoms with E-state index < -0.39 is 0 Å². The Bertz CT molecular complexity index is 624. The molecule has 4 nitrogen and oxygen atoms in total. The van der Waals surface area contributed by atoms with Gasteiger partial charge in [-0.1, -0.05) is 6.07 Å². The molecular weight excluding hydrogens is 224 g/mol. The van der Waals surface area contributed by atoms with E-state index >= 15 is 0 Å². The largest absolute Gasteiger partial charge is 0.382 e. The minimum Gasteiger partial charge on any atom is -0.382 e. The Hall–Kier alpha value is -2.67. The van der Waals surface area contributed by atoms with Crippen molar-refractivity contribution in [1.82, 2.24) is 4.98 Å². The smallest absolute Gasteiger partial charge is 0.150 e. The standard InChI is InChI=1S/C14H12N4/c1-10-8-12(6-5-11(10)9-15)18-14(16)13-4-2-3-7-17-13/h2-8H,1H3,(H2,16,18). The van der Waals surface area contributed by atoms with Gasteiger partial charge in [0.2, 0.25) is 0 Å². The van der Waals surface area contributed by atoms with Gasteiger partial charge in [0.1, 0.15) is 11.5 Å². The van der Waals surface area contributed by atoms with Gasteiger partial charge in [-0.05, 0) is 42.8 Å². The molecule has 0 unspecified atom stereocenters. The highest BCUT2D eigenvalue weighted by molar-refractivity contribution is 5.97. The second-order valence-electron chi connectivity index (χ2n) is 3.82. The third kappa shape index (κ3) is 2.53. The van der Waals surface area contributed by atoms with Crippen LogP contribution in [-0.2, 0) is 0 Å². The van der Waals surface area contributed by atoms with Gasteiger partial charge in [-0.15, -0.1) is 0 Å². The molecule has 0 bridgehead atoms. The van der Waals surface area contributed by atoms with Crippen LogP contribution in [-0.4, -0.2) is 10.8 Å². The van der Waals surface area contributed by atoms with Crippen molar-refractivity contribution >= 4 is 11.5 Å². The fourth-order valence-corrected chi connectivity index (χ4v) is 1.55. The number of hydrogen-bond acceptors (Lipinski definition) is 3. The van der Waals surface area contributed by atoms with Gasteiger partial charge in [-0.2, -0.15) is 5.26 Å². The van der Waals surface area contributed by atoms with E-state index in [1.165, 1.54) is 0 Å². The Balaban J connectivity index is 2.34. The Morgan fingerprint density at radius 1 is 1.33 bits per heavy atom. The van der Waals surface area contributed by atoms with E-state index in [1.807, 2.05) is 25.1 Å². The maximum atomic E-state index is 8.85. The van der Waals surface area contributed by atoms with Crippen LogP contribution >= 0.6 is 0 Å². The minimum atomic E-state index is 0.361. The molecule has 0 saturated carbocycles. The maximum absolute atomic E-state index is 8.85. The molecule has 0 aliphatic carbocycles. The summed E-state index contributed by atoms with van der Waals surface area (Å²) in [5, 5.41) is 8.85. The van der Waals surface area contributed by atoms with E-state index in [9.17, 15) is 0 Å². The van der Waals surface area contributed by atoms with Crippen LogP contribution in [0.4, 0.5) is 5.69 Å². The molecule has 2 N–H and O–H groups in total. The Morgan fingerprint density at radius 2 is 2.17 bits per heavy atom. The number of pyridine rings is 1. The van der Waals surface area contributed by atoms with Crippen LogP contribution in [0.5, 0.6) is 0 Å². The SMILES string of the molecule is Cc1cc(N=C(N)c2ccccn2)ccc1C#N. The molecule has 0 atom stereocenters. The third-order valence-electron chi connectivity index (χ3n) is 2.51. The van der Waals surface area contributed by atoms with Crippen molar-refractivity contribution < 1.29 is 0 Å². The van der Waals surface area contributed by atoms with Crippen molar-refractivity contribution in [3.63, 3.8) is 0 Å². The first kappa shape index (κ1) is 11.8. The Morgan fingerprint density at radius 3 is 2.78 bits per heavy atom. The lowest BCUT2D eigenvalue weighted by Gasteiger charge is -2.02. The quantitative estimate of drug-likeness (QED) is 0.642. The Kier molecular flexibility index (Phi) is 3.35. The maximum Gasteiger partial charge on any atom is 0.150 e. The molecule has 18 heavy (non-hydrogen) atoms. The lowest BCUT2D eigenvalue weighted by Crippen LogP contribution is -2.14. The van der Waals surface area contributed by atoms with E-state index in [0.29, 0.717) is 17.1 Å². The van der Waals surface area contributed by atoms with Crippen molar-refractivity contribution in [1.29, 1.82) is 5.26 Å². The number of aromatic nitrogens is 1. The normalized spacial score (nSPS) is 11.0. The van der Waals surface area contributed by atoms with Gasteiger partial charge in [0.25, 0.3) is 0 Å². The molecule has 4 heteroatoms. The lowest BCUT2D eigenvalue weighted by molar-refractivity contribution is 1.27. The van der Waals surface area contributed by atoms with Crippen LogP contribution in [0.25, 0.3) is 0 Å². The Labute approximate surface area is 105 Å². The summed E-state index contributed by atoms with van der Waals surface area (Å²) in [7, 11) is 0. The number of benzene rings is 1. The summed E-state index contributed by atoms with van der Waals surface area (Å²) in [6, 6.07) is 12.9. The average molecular weight is 236 g/mol. The topological polar surface area (TPSA) is 75.1 Å². The van der Waals surface area contributed by atoms with Gasteiger partial charge in [0.05, 0.1) is 17.3 Å². The predicted octanol–water partition coefficient (Wildman–Crippen LogP) is 2.30. The van der Waals surface area contributed by atoms with Crippen LogP contribution in [0.2, 0.25) is 0 Å². The number of nitrogens with zero attached hydrogens (tertiary/aromatic N) is 3. The number of rotatable bonds is 2. The fraction of sp³-hybridized carbons (Fsp3) is 0.0714. The molecule has 0 radical (unpaired) electrons. The van der Waals surface area contributed by atoms with Gasteiger partial charge in [0.15, 0.2) is 0 Å². The van der Waals surface area contributed by atoms with Crippen LogP contribution in [0, 0.1) is 18.3 Å². The summed E-state index contributed by atoms with van der Waals surface area (Å²) in [6.07, 6.45) is 1.67. The number of nitrogens with two attached hydrogens (primary N) is 1. The van der Waals surface area contributed by atoms with Gasteiger partial charge in [0, 0.05) is 6.20 Å². The molecule has 88 valence electrons. The molecule has 0 fully saturated rings. The number of aryl methyl sites for hydroxylation is 1. The van der Waals surface area contributed by atoms with Crippen LogP contribution in [0.3, 0.4) is 0 Å². The molecule has 0 aliphatic heterocycles.